The van der Waals surface area contributed by atoms with Gasteiger partial charge in [0.05, 0.1) is 6.61 Å². The van der Waals surface area contributed by atoms with Crippen molar-refractivity contribution in [3.63, 3.8) is 0 Å². The highest BCUT2D eigenvalue weighted by molar-refractivity contribution is 5.83. The number of hydrogen-bond donors (Lipinski definition) is 0. The van der Waals surface area contributed by atoms with Crippen molar-refractivity contribution < 1.29 is 19.1 Å². The van der Waals surface area contributed by atoms with Gasteiger partial charge < -0.3 is 9.47 Å². The smallest absolute Gasteiger partial charge is 0.350 e. The molecule has 0 aromatic rings. The Kier molecular flexibility index (Phi) is 3.49. The molecule has 0 heterocycles. The fraction of sp³-hybridized carbons (Fsp3) is 0.800. The van der Waals surface area contributed by atoms with Crippen molar-refractivity contribution >= 4 is 11.9 Å². The number of hydrogen-bond acceptors (Lipinski definition) is 4. The molecular formula is C10H16O4. The SMILES string of the molecule is CCOC(=O)C1(OC(C)=O)CCCC1. The lowest BCUT2D eigenvalue weighted by molar-refractivity contribution is -0.180. The average Bonchev–Trinajstić information content (AvgIpc) is 2.53. The van der Waals surface area contributed by atoms with E-state index in [-0.39, 0.29) is 0 Å². The quantitative estimate of drug-likeness (QED) is 0.646. The van der Waals surface area contributed by atoms with Crippen LogP contribution in [-0.4, -0.2) is 24.1 Å². The molecule has 0 spiro atoms. The molecule has 1 saturated carbocycles. The summed E-state index contributed by atoms with van der Waals surface area (Å²) in [4.78, 5) is 22.5. The van der Waals surface area contributed by atoms with E-state index in [0.717, 1.165) is 12.8 Å². The Bertz CT molecular complexity index is 228. The molecule has 1 rings (SSSR count). The highest BCUT2D eigenvalue weighted by Gasteiger charge is 2.45. The molecule has 0 amide bonds. The summed E-state index contributed by atoms with van der Waals surface area (Å²) >= 11 is 0. The Labute approximate surface area is 83.6 Å². The first-order chi connectivity index (χ1) is 6.60. The molecule has 0 radical (unpaired) electrons. The van der Waals surface area contributed by atoms with Crippen molar-refractivity contribution in [3.05, 3.63) is 0 Å². The fourth-order valence-corrected chi connectivity index (χ4v) is 1.83. The van der Waals surface area contributed by atoms with E-state index in [2.05, 4.69) is 0 Å². The highest BCUT2D eigenvalue weighted by Crippen LogP contribution is 2.34. The van der Waals surface area contributed by atoms with Crippen molar-refractivity contribution in [2.45, 2.75) is 45.1 Å². The molecule has 1 aliphatic carbocycles. The van der Waals surface area contributed by atoms with Gasteiger partial charge in [0.2, 0.25) is 5.60 Å². The van der Waals surface area contributed by atoms with Crippen LogP contribution in [0.3, 0.4) is 0 Å². The van der Waals surface area contributed by atoms with Crippen LogP contribution in [0.2, 0.25) is 0 Å². The van der Waals surface area contributed by atoms with Crippen LogP contribution in [0.1, 0.15) is 39.5 Å². The molecular weight excluding hydrogens is 184 g/mol. The van der Waals surface area contributed by atoms with Gasteiger partial charge in [-0.05, 0) is 32.6 Å². The second-order valence-electron chi connectivity index (χ2n) is 3.52. The molecule has 4 nitrogen and oxygen atoms in total. The average molecular weight is 200 g/mol. The minimum Gasteiger partial charge on any atom is -0.463 e. The normalized spacial score (nSPS) is 19.0. The molecule has 4 heteroatoms. The van der Waals surface area contributed by atoms with Gasteiger partial charge in [-0.1, -0.05) is 0 Å². The van der Waals surface area contributed by atoms with Crippen LogP contribution >= 0.6 is 0 Å². The monoisotopic (exact) mass is 200 g/mol. The zero-order chi connectivity index (χ0) is 10.6. The van der Waals surface area contributed by atoms with Gasteiger partial charge in [0.1, 0.15) is 0 Å². The topological polar surface area (TPSA) is 52.6 Å². The lowest BCUT2D eigenvalue weighted by Crippen LogP contribution is -2.41. The fourth-order valence-electron chi connectivity index (χ4n) is 1.83. The van der Waals surface area contributed by atoms with E-state index in [0.29, 0.717) is 19.4 Å². The van der Waals surface area contributed by atoms with Crippen LogP contribution in [0.5, 0.6) is 0 Å². The highest BCUT2D eigenvalue weighted by atomic mass is 16.6. The molecule has 1 aliphatic rings. The van der Waals surface area contributed by atoms with E-state index in [1.165, 1.54) is 6.92 Å². The van der Waals surface area contributed by atoms with E-state index in [9.17, 15) is 9.59 Å². The molecule has 14 heavy (non-hydrogen) atoms. The minimum atomic E-state index is -0.984. The Balaban J connectivity index is 2.70. The van der Waals surface area contributed by atoms with Crippen LogP contribution in [0.25, 0.3) is 0 Å². The third-order valence-electron chi connectivity index (χ3n) is 2.40. The van der Waals surface area contributed by atoms with Crippen molar-refractivity contribution in [2.75, 3.05) is 6.61 Å². The summed E-state index contributed by atoms with van der Waals surface area (Å²) in [5, 5.41) is 0. The first-order valence-electron chi connectivity index (χ1n) is 4.97. The summed E-state index contributed by atoms with van der Waals surface area (Å²) in [6, 6.07) is 0. The maximum atomic E-state index is 11.6. The van der Waals surface area contributed by atoms with Gasteiger partial charge in [0.25, 0.3) is 0 Å². The molecule has 0 aromatic carbocycles. The Morgan fingerprint density at radius 2 is 1.86 bits per heavy atom. The molecule has 0 atom stereocenters. The molecule has 0 saturated heterocycles. The minimum absolute atomic E-state index is 0.321. The van der Waals surface area contributed by atoms with E-state index < -0.39 is 17.5 Å². The van der Waals surface area contributed by atoms with Crippen LogP contribution in [0.4, 0.5) is 0 Å². The van der Waals surface area contributed by atoms with E-state index in [1.54, 1.807) is 6.92 Å². The van der Waals surface area contributed by atoms with Crippen LogP contribution in [0.15, 0.2) is 0 Å². The van der Waals surface area contributed by atoms with Crippen molar-refractivity contribution in [3.8, 4) is 0 Å². The molecule has 1 fully saturated rings. The van der Waals surface area contributed by atoms with E-state index in [1.807, 2.05) is 0 Å². The summed E-state index contributed by atoms with van der Waals surface area (Å²) in [7, 11) is 0. The van der Waals surface area contributed by atoms with Gasteiger partial charge >= 0.3 is 11.9 Å². The van der Waals surface area contributed by atoms with Gasteiger partial charge in [0, 0.05) is 6.92 Å². The Morgan fingerprint density at radius 1 is 1.29 bits per heavy atom. The number of carbonyl (C=O) groups is 2. The summed E-state index contributed by atoms with van der Waals surface area (Å²) in [5.74, 6) is -0.812. The zero-order valence-electron chi connectivity index (χ0n) is 8.67. The standard InChI is InChI=1S/C10H16O4/c1-3-13-9(12)10(14-8(2)11)6-4-5-7-10/h3-7H2,1-2H3. The van der Waals surface area contributed by atoms with Crippen LogP contribution in [-0.2, 0) is 19.1 Å². The Hall–Kier alpha value is -1.06. The maximum absolute atomic E-state index is 11.6. The van der Waals surface area contributed by atoms with Gasteiger partial charge in [0.15, 0.2) is 0 Å². The van der Waals surface area contributed by atoms with Crippen molar-refractivity contribution in [1.29, 1.82) is 0 Å². The van der Waals surface area contributed by atoms with Gasteiger partial charge in [-0.2, -0.15) is 0 Å². The summed E-state index contributed by atoms with van der Waals surface area (Å²) in [6.45, 7) is 3.38. The van der Waals surface area contributed by atoms with Gasteiger partial charge in [-0.15, -0.1) is 0 Å². The summed E-state index contributed by atoms with van der Waals surface area (Å²) in [6.07, 6.45) is 3.00. The predicted octanol–water partition coefficient (Wildman–Crippen LogP) is 1.43. The molecule has 0 aromatic heterocycles. The lowest BCUT2D eigenvalue weighted by Gasteiger charge is -2.25. The van der Waals surface area contributed by atoms with Gasteiger partial charge in [-0.3, -0.25) is 4.79 Å². The third kappa shape index (κ3) is 2.25. The maximum Gasteiger partial charge on any atom is 0.350 e. The van der Waals surface area contributed by atoms with E-state index >= 15 is 0 Å². The second-order valence-corrected chi connectivity index (χ2v) is 3.52. The number of ether oxygens (including phenoxy) is 2. The van der Waals surface area contributed by atoms with Gasteiger partial charge in [-0.25, -0.2) is 4.79 Å². The first-order valence-corrected chi connectivity index (χ1v) is 4.97. The molecule has 80 valence electrons. The van der Waals surface area contributed by atoms with Crippen molar-refractivity contribution in [2.24, 2.45) is 0 Å². The number of carbonyl (C=O) groups excluding carboxylic acids is 2. The first kappa shape index (κ1) is 11.0. The summed E-state index contributed by atoms with van der Waals surface area (Å²) in [5.41, 5.74) is -0.984. The predicted molar refractivity (Wildman–Crippen MR) is 49.6 cm³/mol. The van der Waals surface area contributed by atoms with Crippen LogP contribution in [0, 0.1) is 0 Å². The van der Waals surface area contributed by atoms with E-state index in [4.69, 9.17) is 9.47 Å². The van der Waals surface area contributed by atoms with Crippen molar-refractivity contribution in [1.82, 2.24) is 0 Å². The summed E-state index contributed by atoms with van der Waals surface area (Å²) < 4.78 is 10.0. The molecule has 0 N–H and O–H groups in total. The molecule has 0 unspecified atom stereocenters. The largest absolute Gasteiger partial charge is 0.463 e. The third-order valence-corrected chi connectivity index (χ3v) is 2.40. The zero-order valence-corrected chi connectivity index (χ0v) is 8.67. The van der Waals surface area contributed by atoms with Crippen LogP contribution < -0.4 is 0 Å². The number of rotatable bonds is 3. The molecule has 0 aliphatic heterocycles. The Morgan fingerprint density at radius 3 is 2.29 bits per heavy atom. The second kappa shape index (κ2) is 4.44. The molecule has 0 bridgehead atoms. The lowest BCUT2D eigenvalue weighted by atomic mass is 10.0. The number of esters is 2.